The predicted octanol–water partition coefficient (Wildman–Crippen LogP) is -0.0503. The number of aryl methyl sites for hydroxylation is 1. The number of hydrogen-bond donors (Lipinski definition) is 0. The fourth-order valence-corrected chi connectivity index (χ4v) is 3.79. The second-order valence-corrected chi connectivity index (χ2v) is 6.87. The molecule has 0 bridgehead atoms. The topological polar surface area (TPSA) is 86.9 Å². The quantitative estimate of drug-likeness (QED) is 0.765. The third-order valence-corrected chi connectivity index (χ3v) is 5.22. The minimum atomic E-state index is -0.195. The Labute approximate surface area is 151 Å². The Kier molecular flexibility index (Phi) is 4.21. The second kappa shape index (κ2) is 6.54. The van der Waals surface area contributed by atoms with Crippen LogP contribution in [0.4, 0.5) is 5.82 Å². The predicted molar refractivity (Wildman–Crippen MR) is 94.7 cm³/mol. The zero-order valence-corrected chi connectivity index (χ0v) is 15.1. The molecule has 2 aliphatic rings. The highest BCUT2D eigenvalue weighted by molar-refractivity contribution is 5.89. The van der Waals surface area contributed by atoms with Crippen molar-refractivity contribution in [2.75, 3.05) is 44.2 Å². The smallest absolute Gasteiger partial charge is 0.254 e. The lowest BCUT2D eigenvalue weighted by atomic mass is 10.1. The fourth-order valence-electron chi connectivity index (χ4n) is 3.79. The van der Waals surface area contributed by atoms with Crippen molar-refractivity contribution in [1.29, 1.82) is 0 Å². The minimum Gasteiger partial charge on any atom is -0.353 e. The van der Waals surface area contributed by atoms with Crippen LogP contribution in [-0.4, -0.2) is 80.5 Å². The van der Waals surface area contributed by atoms with E-state index in [1.54, 1.807) is 9.42 Å². The van der Waals surface area contributed by atoms with Crippen molar-refractivity contribution in [1.82, 2.24) is 29.4 Å². The number of likely N-dealkylation sites (tertiary alicyclic amines) is 1. The number of amides is 2. The van der Waals surface area contributed by atoms with E-state index in [4.69, 9.17) is 0 Å². The third-order valence-electron chi connectivity index (χ3n) is 5.22. The number of nitrogens with zero attached hydrogens (tertiary/aromatic N) is 7. The molecule has 2 saturated heterocycles. The van der Waals surface area contributed by atoms with E-state index in [-0.39, 0.29) is 17.7 Å². The van der Waals surface area contributed by atoms with Crippen LogP contribution >= 0.6 is 0 Å². The van der Waals surface area contributed by atoms with E-state index >= 15 is 0 Å². The SMILES string of the molecule is CCN1C[C@H](C(=O)N2CCN(c3cc(C)nc4ncnn34)CC2)CC1=O. The molecule has 0 spiro atoms. The van der Waals surface area contributed by atoms with Crippen molar-refractivity contribution < 1.29 is 9.59 Å². The van der Waals surface area contributed by atoms with E-state index in [1.807, 2.05) is 24.8 Å². The number of rotatable bonds is 3. The van der Waals surface area contributed by atoms with Crippen molar-refractivity contribution in [3.8, 4) is 0 Å². The van der Waals surface area contributed by atoms with Gasteiger partial charge >= 0.3 is 0 Å². The van der Waals surface area contributed by atoms with Gasteiger partial charge in [0.1, 0.15) is 12.1 Å². The molecule has 4 heterocycles. The molecular formula is C17H23N7O2. The molecule has 0 aliphatic carbocycles. The van der Waals surface area contributed by atoms with Crippen LogP contribution in [0.5, 0.6) is 0 Å². The largest absolute Gasteiger partial charge is 0.353 e. The zero-order valence-electron chi connectivity index (χ0n) is 15.1. The summed E-state index contributed by atoms with van der Waals surface area (Å²) in [6.45, 7) is 7.86. The molecule has 26 heavy (non-hydrogen) atoms. The normalized spacial score (nSPS) is 21.1. The van der Waals surface area contributed by atoms with Gasteiger partial charge in [0.2, 0.25) is 11.8 Å². The van der Waals surface area contributed by atoms with Gasteiger partial charge in [0.25, 0.3) is 5.78 Å². The number of piperazine rings is 1. The highest BCUT2D eigenvalue weighted by Crippen LogP contribution is 2.22. The highest BCUT2D eigenvalue weighted by Gasteiger charge is 2.36. The summed E-state index contributed by atoms with van der Waals surface area (Å²) in [7, 11) is 0. The lowest BCUT2D eigenvalue weighted by Crippen LogP contribution is -2.51. The first-order valence-electron chi connectivity index (χ1n) is 9.05. The number of aromatic nitrogens is 4. The van der Waals surface area contributed by atoms with E-state index in [1.165, 1.54) is 6.33 Å². The molecule has 1 atom stereocenters. The van der Waals surface area contributed by atoms with E-state index < -0.39 is 0 Å². The molecule has 2 fully saturated rings. The van der Waals surface area contributed by atoms with Crippen molar-refractivity contribution in [3.63, 3.8) is 0 Å². The average molecular weight is 357 g/mol. The van der Waals surface area contributed by atoms with Crippen LogP contribution < -0.4 is 4.90 Å². The molecule has 0 N–H and O–H groups in total. The zero-order chi connectivity index (χ0) is 18.3. The summed E-state index contributed by atoms with van der Waals surface area (Å²) >= 11 is 0. The van der Waals surface area contributed by atoms with Gasteiger partial charge < -0.3 is 14.7 Å². The molecule has 138 valence electrons. The maximum Gasteiger partial charge on any atom is 0.254 e. The van der Waals surface area contributed by atoms with Gasteiger partial charge in [-0.2, -0.15) is 14.6 Å². The summed E-state index contributed by atoms with van der Waals surface area (Å²) in [5.74, 6) is 1.53. The van der Waals surface area contributed by atoms with Gasteiger partial charge in [-0.05, 0) is 13.8 Å². The summed E-state index contributed by atoms with van der Waals surface area (Å²) in [6.07, 6.45) is 1.84. The van der Waals surface area contributed by atoms with Gasteiger partial charge in [-0.3, -0.25) is 9.59 Å². The summed E-state index contributed by atoms with van der Waals surface area (Å²) in [5.41, 5.74) is 0.892. The number of anilines is 1. The van der Waals surface area contributed by atoms with Crippen molar-refractivity contribution in [3.05, 3.63) is 18.1 Å². The van der Waals surface area contributed by atoms with Crippen LogP contribution in [0.1, 0.15) is 19.0 Å². The first-order chi connectivity index (χ1) is 12.6. The number of carbonyl (C=O) groups excluding carboxylic acids is 2. The Balaban J connectivity index is 1.43. The Hall–Kier alpha value is -2.71. The molecule has 9 nitrogen and oxygen atoms in total. The molecule has 2 aliphatic heterocycles. The van der Waals surface area contributed by atoms with E-state index in [0.717, 1.165) is 24.6 Å². The first-order valence-corrected chi connectivity index (χ1v) is 9.05. The summed E-state index contributed by atoms with van der Waals surface area (Å²) in [4.78, 5) is 39.1. The summed E-state index contributed by atoms with van der Waals surface area (Å²) < 4.78 is 1.74. The van der Waals surface area contributed by atoms with Crippen LogP contribution in [0.25, 0.3) is 5.78 Å². The molecule has 0 aromatic carbocycles. The minimum absolute atomic E-state index is 0.0883. The standard InChI is InChI=1S/C17H23N7O2/c1-3-21-10-13(9-15(21)25)16(26)23-6-4-22(5-7-23)14-8-12(2)20-17-18-11-19-24(14)17/h8,11,13H,3-7,9-10H2,1-2H3/t13-/m1/s1. The van der Waals surface area contributed by atoms with Gasteiger partial charge in [0.05, 0.1) is 5.92 Å². The summed E-state index contributed by atoms with van der Waals surface area (Å²) in [5, 5.41) is 4.26. The third kappa shape index (κ3) is 2.87. The number of carbonyl (C=O) groups is 2. The molecule has 0 unspecified atom stereocenters. The molecule has 9 heteroatoms. The Morgan fingerprint density at radius 3 is 2.73 bits per heavy atom. The molecule has 2 aromatic heterocycles. The van der Waals surface area contributed by atoms with Crippen molar-refractivity contribution in [2.45, 2.75) is 20.3 Å². The lowest BCUT2D eigenvalue weighted by Gasteiger charge is -2.37. The molecule has 4 rings (SSSR count). The van der Waals surface area contributed by atoms with Crippen molar-refractivity contribution in [2.24, 2.45) is 5.92 Å². The molecule has 0 saturated carbocycles. The van der Waals surface area contributed by atoms with E-state index in [2.05, 4.69) is 20.0 Å². The van der Waals surface area contributed by atoms with Gasteiger partial charge in [0.15, 0.2) is 0 Å². The Bertz CT molecular complexity index is 841. The van der Waals surface area contributed by atoms with Crippen LogP contribution in [0.15, 0.2) is 12.4 Å². The maximum atomic E-state index is 12.8. The molecular weight excluding hydrogens is 334 g/mol. The maximum absolute atomic E-state index is 12.8. The Morgan fingerprint density at radius 1 is 1.27 bits per heavy atom. The van der Waals surface area contributed by atoms with Gasteiger partial charge in [-0.15, -0.1) is 0 Å². The van der Waals surface area contributed by atoms with Gasteiger partial charge in [-0.25, -0.2) is 4.98 Å². The van der Waals surface area contributed by atoms with E-state index in [0.29, 0.717) is 38.4 Å². The second-order valence-electron chi connectivity index (χ2n) is 6.87. The van der Waals surface area contributed by atoms with Crippen LogP contribution in [0.2, 0.25) is 0 Å². The average Bonchev–Trinajstić information content (AvgIpc) is 3.26. The number of fused-ring (bicyclic) bond motifs is 1. The van der Waals surface area contributed by atoms with Crippen molar-refractivity contribution >= 4 is 23.4 Å². The summed E-state index contributed by atoms with van der Waals surface area (Å²) in [6, 6.07) is 1.99. The molecule has 2 aromatic rings. The number of hydrogen-bond acceptors (Lipinski definition) is 6. The van der Waals surface area contributed by atoms with Gasteiger partial charge in [0, 0.05) is 57.4 Å². The van der Waals surface area contributed by atoms with Crippen LogP contribution in [-0.2, 0) is 9.59 Å². The van der Waals surface area contributed by atoms with Gasteiger partial charge in [-0.1, -0.05) is 0 Å². The first kappa shape index (κ1) is 16.7. The lowest BCUT2D eigenvalue weighted by molar-refractivity contribution is -0.136. The van der Waals surface area contributed by atoms with Crippen LogP contribution in [0, 0.1) is 12.8 Å². The molecule has 0 radical (unpaired) electrons. The van der Waals surface area contributed by atoms with E-state index in [9.17, 15) is 9.59 Å². The highest BCUT2D eigenvalue weighted by atomic mass is 16.2. The Morgan fingerprint density at radius 2 is 2.04 bits per heavy atom. The monoisotopic (exact) mass is 357 g/mol. The molecule has 2 amide bonds. The van der Waals surface area contributed by atoms with Crippen LogP contribution in [0.3, 0.4) is 0 Å². The fraction of sp³-hybridized carbons (Fsp3) is 0.588.